The summed E-state index contributed by atoms with van der Waals surface area (Å²) < 4.78 is 17.8. The number of halogens is 1. The molecule has 5 nitrogen and oxygen atoms in total. The summed E-state index contributed by atoms with van der Waals surface area (Å²) in [4.78, 5) is 25.2. The quantitative estimate of drug-likeness (QED) is 0.345. The van der Waals surface area contributed by atoms with Crippen LogP contribution in [0.25, 0.3) is 0 Å². The van der Waals surface area contributed by atoms with Crippen LogP contribution in [0.15, 0.2) is 84.9 Å². The topological polar surface area (TPSA) is 61.8 Å². The number of hydrogen-bond acceptors (Lipinski definition) is 5. The van der Waals surface area contributed by atoms with Crippen molar-refractivity contribution in [3.05, 3.63) is 99.6 Å². The average Bonchev–Trinajstić information content (AvgIpc) is 2.77. The molecule has 4 rings (SSSR count). The Labute approximate surface area is 190 Å². The van der Waals surface area contributed by atoms with Gasteiger partial charge in [-0.25, -0.2) is 9.59 Å². The van der Waals surface area contributed by atoms with Gasteiger partial charge in [0.1, 0.15) is 12.4 Å². The second kappa shape index (κ2) is 9.43. The molecule has 0 N–H and O–H groups in total. The number of carbonyl (C=O) groups excluding carboxylic acids is 2. The molecule has 1 aliphatic heterocycles. The fourth-order valence-electron chi connectivity index (χ4n) is 3.15. The van der Waals surface area contributed by atoms with Crippen LogP contribution in [0.2, 0.25) is 0 Å². The van der Waals surface area contributed by atoms with Gasteiger partial charge in [-0.3, -0.25) is 0 Å². The predicted molar refractivity (Wildman–Crippen MR) is 126 cm³/mol. The zero-order chi connectivity index (χ0) is 21.7. The molecule has 0 aromatic heterocycles. The molecule has 1 saturated heterocycles. The van der Waals surface area contributed by atoms with Crippen LogP contribution in [0.1, 0.15) is 18.1 Å². The third kappa shape index (κ3) is 5.58. The molecule has 1 heterocycles. The van der Waals surface area contributed by atoms with Gasteiger partial charge < -0.3 is 14.2 Å². The standard InChI is InChI=1S/C25H21IO5/c1-25(16-18-8-4-2-5-9-18)30-23(27)22(24(28)31-25)26-20-12-14-21(15-13-20)29-17-19-10-6-3-7-11-19/h2-15H,16-17H2,1H3. The van der Waals surface area contributed by atoms with Crippen LogP contribution in [0.4, 0.5) is 0 Å². The first kappa shape index (κ1) is 21.2. The van der Waals surface area contributed by atoms with Gasteiger partial charge in [0.25, 0.3) is 5.79 Å². The van der Waals surface area contributed by atoms with E-state index in [2.05, 4.69) is 0 Å². The number of hydrogen-bond donors (Lipinski definition) is 0. The molecular formula is C25H21IO5. The van der Waals surface area contributed by atoms with E-state index in [0.717, 1.165) is 20.4 Å². The van der Waals surface area contributed by atoms with E-state index in [-0.39, 0.29) is 3.51 Å². The fourth-order valence-corrected chi connectivity index (χ4v) is 5.15. The Morgan fingerprint density at radius 3 is 1.90 bits per heavy atom. The molecular weight excluding hydrogens is 507 g/mol. The van der Waals surface area contributed by atoms with Gasteiger partial charge in [0.2, 0.25) is 0 Å². The number of benzene rings is 3. The molecule has 6 heteroatoms. The summed E-state index contributed by atoms with van der Waals surface area (Å²) >= 11 is -1.03. The lowest BCUT2D eigenvalue weighted by Crippen LogP contribution is -2.49. The summed E-state index contributed by atoms with van der Waals surface area (Å²) in [5, 5.41) is 0. The van der Waals surface area contributed by atoms with Crippen molar-refractivity contribution in [1.29, 1.82) is 0 Å². The molecule has 0 spiro atoms. The van der Waals surface area contributed by atoms with Crippen LogP contribution in [-0.4, -0.2) is 21.2 Å². The number of ether oxygens (including phenoxy) is 3. The van der Waals surface area contributed by atoms with Gasteiger partial charge in [0.15, 0.2) is 3.51 Å². The van der Waals surface area contributed by atoms with Crippen molar-refractivity contribution in [2.75, 3.05) is 0 Å². The lowest BCUT2D eigenvalue weighted by atomic mass is 10.1. The van der Waals surface area contributed by atoms with E-state index in [1.807, 2.05) is 84.9 Å². The van der Waals surface area contributed by atoms with E-state index in [9.17, 15) is 9.59 Å². The molecule has 0 amide bonds. The van der Waals surface area contributed by atoms with E-state index in [0.29, 0.717) is 13.0 Å². The normalized spacial score (nSPS) is 18.3. The van der Waals surface area contributed by atoms with Crippen LogP contribution in [0.5, 0.6) is 5.75 Å². The largest absolute Gasteiger partial charge is 0.489 e. The van der Waals surface area contributed by atoms with Gasteiger partial charge in [0.05, 0.1) is 0 Å². The smallest absolute Gasteiger partial charge is 0.354 e. The Morgan fingerprint density at radius 1 is 0.774 bits per heavy atom. The summed E-state index contributed by atoms with van der Waals surface area (Å²) in [6.07, 6.45) is 0.310. The second-order valence-electron chi connectivity index (χ2n) is 7.21. The molecule has 3 aromatic rings. The maximum atomic E-state index is 12.6. The minimum absolute atomic E-state index is 0.0993. The van der Waals surface area contributed by atoms with E-state index < -0.39 is 38.5 Å². The molecule has 3 aromatic carbocycles. The fraction of sp³-hybridized carbons (Fsp3) is 0.160. The first-order valence-corrected chi connectivity index (χ1v) is 12.0. The van der Waals surface area contributed by atoms with Crippen LogP contribution < -0.4 is 4.74 Å². The van der Waals surface area contributed by atoms with Crippen molar-refractivity contribution < 1.29 is 23.8 Å². The van der Waals surface area contributed by atoms with E-state index >= 15 is 0 Å². The van der Waals surface area contributed by atoms with Crippen LogP contribution in [0, 0.1) is 3.57 Å². The molecule has 0 atom stereocenters. The molecule has 0 radical (unpaired) electrons. The highest BCUT2D eigenvalue weighted by atomic mass is 127. The molecule has 0 saturated carbocycles. The minimum atomic E-state index is -1.29. The number of rotatable bonds is 6. The summed E-state index contributed by atoms with van der Waals surface area (Å²) in [5.41, 5.74) is 2.01. The highest BCUT2D eigenvalue weighted by molar-refractivity contribution is 14.2. The Morgan fingerprint density at radius 2 is 1.32 bits per heavy atom. The second-order valence-corrected chi connectivity index (χ2v) is 10.1. The van der Waals surface area contributed by atoms with Crippen molar-refractivity contribution in [3.63, 3.8) is 0 Å². The van der Waals surface area contributed by atoms with Crippen molar-refractivity contribution in [2.45, 2.75) is 25.7 Å². The minimum Gasteiger partial charge on any atom is -0.489 e. The Kier molecular flexibility index (Phi) is 6.46. The Bertz CT molecular complexity index is 1070. The van der Waals surface area contributed by atoms with Crippen molar-refractivity contribution in [2.24, 2.45) is 0 Å². The lowest BCUT2D eigenvalue weighted by Gasteiger charge is -2.33. The highest BCUT2D eigenvalue weighted by Crippen LogP contribution is 2.28. The highest BCUT2D eigenvalue weighted by Gasteiger charge is 2.43. The predicted octanol–water partition coefficient (Wildman–Crippen LogP) is 4.64. The maximum absolute atomic E-state index is 12.6. The molecule has 0 aliphatic carbocycles. The van der Waals surface area contributed by atoms with Crippen LogP contribution in [0.3, 0.4) is 0 Å². The maximum Gasteiger partial charge on any atom is 0.354 e. The zero-order valence-corrected chi connectivity index (χ0v) is 19.1. The summed E-state index contributed by atoms with van der Waals surface area (Å²) in [6, 6.07) is 26.8. The summed E-state index contributed by atoms with van der Waals surface area (Å²) in [5.74, 6) is -1.75. The monoisotopic (exact) mass is 528 g/mol. The Hall–Kier alpha value is -3.00. The van der Waals surface area contributed by atoms with Gasteiger partial charge in [-0.05, 0) is 35.4 Å². The molecule has 1 fully saturated rings. The van der Waals surface area contributed by atoms with Crippen LogP contribution in [-0.2, 0) is 32.1 Å². The number of carbonyl (C=O) groups is 2. The average molecular weight is 528 g/mol. The first-order chi connectivity index (χ1) is 15.0. The Balaban J connectivity index is 1.41. The van der Waals surface area contributed by atoms with Gasteiger partial charge in [-0.2, -0.15) is 0 Å². The SMILES string of the molecule is CC1(Cc2ccccc2)OC(=O)C(=Ic2ccc(OCc3ccccc3)cc2)C(=O)O1. The summed E-state index contributed by atoms with van der Waals surface area (Å²) in [7, 11) is 0. The zero-order valence-electron chi connectivity index (χ0n) is 16.9. The first-order valence-electron chi connectivity index (χ1n) is 9.80. The van der Waals surface area contributed by atoms with Gasteiger partial charge in [-0.15, -0.1) is 0 Å². The lowest BCUT2D eigenvalue weighted by molar-refractivity contribution is -0.220. The third-order valence-corrected chi connectivity index (χ3v) is 7.37. The van der Waals surface area contributed by atoms with Gasteiger partial charge in [0, 0.05) is 16.9 Å². The van der Waals surface area contributed by atoms with Crippen molar-refractivity contribution in [1.82, 2.24) is 0 Å². The van der Waals surface area contributed by atoms with Crippen molar-refractivity contribution >= 4 is 36.2 Å². The molecule has 158 valence electrons. The van der Waals surface area contributed by atoms with E-state index in [1.54, 1.807) is 6.92 Å². The van der Waals surface area contributed by atoms with E-state index in [1.165, 1.54) is 0 Å². The molecule has 1 aliphatic rings. The number of cyclic esters (lactones) is 2. The number of esters is 2. The van der Waals surface area contributed by atoms with Crippen molar-refractivity contribution in [3.8, 4) is 5.75 Å². The van der Waals surface area contributed by atoms with Gasteiger partial charge >= 0.3 is 11.9 Å². The third-order valence-electron chi connectivity index (χ3n) is 4.61. The van der Waals surface area contributed by atoms with E-state index in [4.69, 9.17) is 14.2 Å². The molecule has 31 heavy (non-hydrogen) atoms. The molecule has 0 bridgehead atoms. The summed E-state index contributed by atoms with van der Waals surface area (Å²) in [6.45, 7) is 2.09. The van der Waals surface area contributed by atoms with Gasteiger partial charge in [-0.1, -0.05) is 81.4 Å². The van der Waals surface area contributed by atoms with Crippen LogP contribution >= 0.6 is 20.7 Å². The molecule has 0 unspecified atom stereocenters.